The highest BCUT2D eigenvalue weighted by molar-refractivity contribution is 6.13. The largest absolute Gasteiger partial charge is 0.456 e. The summed E-state index contributed by atoms with van der Waals surface area (Å²) in [5, 5.41) is 1.97. The third-order valence-electron chi connectivity index (χ3n) is 13.0. The molecule has 302 valence electrons. The Kier molecular flexibility index (Phi) is 8.80. The van der Waals surface area contributed by atoms with Crippen molar-refractivity contribution < 1.29 is 4.42 Å². The quantitative estimate of drug-likeness (QED) is 0.161. The molecule has 0 amide bonds. The van der Waals surface area contributed by atoms with Crippen molar-refractivity contribution in [3.63, 3.8) is 0 Å². The normalized spacial score (nSPS) is 12.7. The number of fused-ring (bicyclic) bond motifs is 6. The first kappa shape index (κ1) is 37.5. The second kappa shape index (κ2) is 15.0. The zero-order valence-electron chi connectivity index (χ0n) is 35.5. The highest BCUT2D eigenvalue weighted by Gasteiger charge is 2.36. The van der Waals surface area contributed by atoms with Crippen LogP contribution in [0.4, 0.5) is 0 Å². The number of hydrogen-bond donors (Lipinski definition) is 0. The Labute approximate surface area is 372 Å². The molecule has 0 spiro atoms. The van der Waals surface area contributed by atoms with Crippen molar-refractivity contribution in [3.8, 4) is 89.8 Å². The van der Waals surface area contributed by atoms with Crippen molar-refractivity contribution in [2.45, 2.75) is 19.3 Å². The van der Waals surface area contributed by atoms with E-state index in [0.29, 0.717) is 17.5 Å². The Balaban J connectivity index is 1.01. The van der Waals surface area contributed by atoms with Crippen molar-refractivity contribution in [1.82, 2.24) is 15.0 Å². The van der Waals surface area contributed by atoms with Gasteiger partial charge in [0.1, 0.15) is 11.2 Å². The van der Waals surface area contributed by atoms with Crippen LogP contribution in [0.1, 0.15) is 25.0 Å². The van der Waals surface area contributed by atoms with Crippen LogP contribution < -0.4 is 0 Å². The summed E-state index contributed by atoms with van der Waals surface area (Å²) in [6, 6.07) is 74.9. The molecule has 0 unspecified atom stereocenters. The van der Waals surface area contributed by atoms with Crippen LogP contribution in [0.25, 0.3) is 112 Å². The van der Waals surface area contributed by atoms with Crippen molar-refractivity contribution in [3.05, 3.63) is 223 Å². The van der Waals surface area contributed by atoms with Crippen LogP contribution in [0, 0.1) is 0 Å². The first-order chi connectivity index (χ1) is 31.5. The molecule has 9 aromatic carbocycles. The minimum Gasteiger partial charge on any atom is -0.456 e. The van der Waals surface area contributed by atoms with Gasteiger partial charge in [0.2, 0.25) is 0 Å². The van der Waals surface area contributed by atoms with E-state index in [2.05, 4.69) is 196 Å². The first-order valence-corrected chi connectivity index (χ1v) is 21.8. The molecule has 0 saturated carbocycles. The van der Waals surface area contributed by atoms with Gasteiger partial charge in [0.05, 0.1) is 0 Å². The Morgan fingerprint density at radius 3 is 1.64 bits per heavy atom. The van der Waals surface area contributed by atoms with E-state index in [1.165, 1.54) is 33.4 Å². The number of benzene rings is 9. The lowest BCUT2D eigenvalue weighted by Gasteiger charge is -2.21. The van der Waals surface area contributed by atoms with Gasteiger partial charge in [-0.25, -0.2) is 15.0 Å². The number of nitrogens with zero attached hydrogens (tertiary/aromatic N) is 3. The Morgan fingerprint density at radius 1 is 0.328 bits per heavy atom. The van der Waals surface area contributed by atoms with E-state index < -0.39 is 0 Å². The van der Waals surface area contributed by atoms with E-state index in [1.54, 1.807) is 0 Å². The average molecular weight is 820 g/mol. The smallest absolute Gasteiger partial charge is 0.164 e. The van der Waals surface area contributed by atoms with Gasteiger partial charge in [-0.3, -0.25) is 0 Å². The summed E-state index contributed by atoms with van der Waals surface area (Å²) in [4.78, 5) is 15.8. The standard InChI is InChI=1S/C60H41N3O/c1-60(2)51-27-12-11-24-48(51)55-46(25-14-28-52(55)60)44-21-13-20-42(36-44)43-34-35-53-50(37-43)56-49(26-15-29-54(56)64-53)59-62-57(41-32-30-39(31-33-41)38-16-5-3-6-17-38)61-58(63-59)47-23-10-9-22-45(47)40-18-7-4-8-19-40/h3-37H,1-2H3. The van der Waals surface area contributed by atoms with Gasteiger partial charge >= 0.3 is 0 Å². The molecule has 4 heteroatoms. The lowest BCUT2D eigenvalue weighted by Crippen LogP contribution is -2.14. The van der Waals surface area contributed by atoms with Gasteiger partial charge in [-0.05, 0) is 91.0 Å². The third kappa shape index (κ3) is 6.26. The summed E-state index contributed by atoms with van der Waals surface area (Å²) in [6.45, 7) is 4.67. The lowest BCUT2D eigenvalue weighted by atomic mass is 9.82. The highest BCUT2D eigenvalue weighted by atomic mass is 16.3. The van der Waals surface area contributed by atoms with Gasteiger partial charge < -0.3 is 4.42 Å². The van der Waals surface area contributed by atoms with Gasteiger partial charge in [-0.2, -0.15) is 0 Å². The molecule has 1 aliphatic rings. The molecule has 0 aliphatic heterocycles. The molecule has 0 atom stereocenters. The molecular weight excluding hydrogens is 779 g/mol. The topological polar surface area (TPSA) is 51.8 Å². The van der Waals surface area contributed by atoms with E-state index in [-0.39, 0.29) is 5.41 Å². The number of furan rings is 1. The van der Waals surface area contributed by atoms with Gasteiger partial charge in [0.15, 0.2) is 17.5 Å². The molecule has 0 radical (unpaired) electrons. The summed E-state index contributed by atoms with van der Waals surface area (Å²) >= 11 is 0. The molecule has 0 N–H and O–H groups in total. The maximum absolute atomic E-state index is 6.59. The molecule has 11 aromatic rings. The fourth-order valence-electron chi connectivity index (χ4n) is 9.79. The summed E-state index contributed by atoms with van der Waals surface area (Å²) in [6.07, 6.45) is 0. The molecule has 4 nitrogen and oxygen atoms in total. The summed E-state index contributed by atoms with van der Waals surface area (Å²) < 4.78 is 6.59. The van der Waals surface area contributed by atoms with Crippen LogP contribution in [-0.4, -0.2) is 15.0 Å². The zero-order valence-corrected chi connectivity index (χ0v) is 35.5. The monoisotopic (exact) mass is 819 g/mol. The second-order valence-corrected chi connectivity index (χ2v) is 17.1. The molecule has 64 heavy (non-hydrogen) atoms. The fraction of sp³-hybridized carbons (Fsp3) is 0.0500. The van der Waals surface area contributed by atoms with Crippen LogP contribution in [0.3, 0.4) is 0 Å². The molecule has 1 aliphatic carbocycles. The molecule has 12 rings (SSSR count). The molecule has 0 bridgehead atoms. The molecular formula is C60H41N3O. The van der Waals surface area contributed by atoms with Crippen LogP contribution in [0.5, 0.6) is 0 Å². The van der Waals surface area contributed by atoms with E-state index in [1.807, 2.05) is 30.3 Å². The SMILES string of the molecule is CC1(C)c2ccccc2-c2c(-c3cccc(-c4ccc5oc6cccc(-c7nc(-c8ccc(-c9ccccc9)cc8)nc(-c8ccccc8-c8ccccc8)n7)c6c5c4)c3)cccc21. The maximum Gasteiger partial charge on any atom is 0.164 e. The van der Waals surface area contributed by atoms with Gasteiger partial charge in [0.25, 0.3) is 0 Å². The Morgan fingerprint density at radius 2 is 0.844 bits per heavy atom. The predicted octanol–water partition coefficient (Wildman–Crippen LogP) is 15.7. The molecule has 0 fully saturated rings. The van der Waals surface area contributed by atoms with Gasteiger partial charge in [-0.15, -0.1) is 0 Å². The molecule has 2 heterocycles. The number of aromatic nitrogens is 3. The maximum atomic E-state index is 6.59. The van der Waals surface area contributed by atoms with Crippen LogP contribution in [0.2, 0.25) is 0 Å². The highest BCUT2D eigenvalue weighted by Crippen LogP contribution is 2.52. The molecule has 2 aromatic heterocycles. The van der Waals surface area contributed by atoms with Gasteiger partial charge in [-0.1, -0.05) is 202 Å². The van der Waals surface area contributed by atoms with Gasteiger partial charge in [0, 0.05) is 32.9 Å². The minimum atomic E-state index is -0.0665. The predicted molar refractivity (Wildman–Crippen MR) is 263 cm³/mol. The lowest BCUT2D eigenvalue weighted by molar-refractivity contribution is 0.660. The number of hydrogen-bond acceptors (Lipinski definition) is 4. The van der Waals surface area contributed by atoms with Crippen LogP contribution >= 0.6 is 0 Å². The van der Waals surface area contributed by atoms with Crippen molar-refractivity contribution in [2.24, 2.45) is 0 Å². The fourth-order valence-corrected chi connectivity index (χ4v) is 9.79. The van der Waals surface area contributed by atoms with E-state index in [0.717, 1.165) is 72.0 Å². The van der Waals surface area contributed by atoms with E-state index in [9.17, 15) is 0 Å². The van der Waals surface area contributed by atoms with Crippen LogP contribution in [-0.2, 0) is 5.41 Å². The van der Waals surface area contributed by atoms with Crippen LogP contribution in [0.15, 0.2) is 217 Å². The third-order valence-corrected chi connectivity index (χ3v) is 13.0. The van der Waals surface area contributed by atoms with Crippen molar-refractivity contribution in [2.75, 3.05) is 0 Å². The zero-order chi connectivity index (χ0) is 42.8. The Hall–Kier alpha value is -8.21. The summed E-state index contributed by atoms with van der Waals surface area (Å²) in [5.41, 5.74) is 18.8. The van der Waals surface area contributed by atoms with Crippen molar-refractivity contribution >= 4 is 21.9 Å². The Bertz CT molecular complexity index is 3570. The van der Waals surface area contributed by atoms with E-state index >= 15 is 0 Å². The summed E-state index contributed by atoms with van der Waals surface area (Å²) in [5.74, 6) is 1.78. The minimum absolute atomic E-state index is 0.0665. The second-order valence-electron chi connectivity index (χ2n) is 17.1. The number of rotatable bonds is 7. The summed E-state index contributed by atoms with van der Waals surface area (Å²) in [7, 11) is 0. The molecule has 0 saturated heterocycles. The van der Waals surface area contributed by atoms with E-state index in [4.69, 9.17) is 19.4 Å². The average Bonchev–Trinajstić information content (AvgIpc) is 3.86. The first-order valence-electron chi connectivity index (χ1n) is 21.8. The van der Waals surface area contributed by atoms with Crippen molar-refractivity contribution in [1.29, 1.82) is 0 Å².